The molecule has 174 valence electrons. The van der Waals surface area contributed by atoms with Gasteiger partial charge in [-0.2, -0.15) is 0 Å². The molecule has 2 aromatic carbocycles. The van der Waals surface area contributed by atoms with Gasteiger partial charge in [0, 0.05) is 27.9 Å². The fraction of sp³-hybridized carbons (Fsp3) is 0.192. The molecule has 0 atom stereocenters. The van der Waals surface area contributed by atoms with Crippen LogP contribution in [0.2, 0.25) is 0 Å². The third-order valence-electron chi connectivity index (χ3n) is 5.76. The summed E-state index contributed by atoms with van der Waals surface area (Å²) in [4.78, 5) is 30.5. The van der Waals surface area contributed by atoms with Crippen molar-refractivity contribution in [2.75, 3.05) is 14.2 Å². The number of carbonyl (C=O) groups is 2. The Labute approximate surface area is 201 Å². The lowest BCUT2D eigenvalue weighted by molar-refractivity contribution is -0.137. The molecular formula is C26H24N2O5S. The number of thiazole rings is 1. The van der Waals surface area contributed by atoms with E-state index in [1.807, 2.05) is 35.7 Å². The number of hydrogen-bond donors (Lipinski definition) is 2. The van der Waals surface area contributed by atoms with E-state index in [-0.39, 0.29) is 5.75 Å². The summed E-state index contributed by atoms with van der Waals surface area (Å²) in [5.41, 5.74) is 4.62. The van der Waals surface area contributed by atoms with Gasteiger partial charge in [0.1, 0.15) is 10.8 Å². The number of dihydropyridines is 1. The van der Waals surface area contributed by atoms with Crippen LogP contribution in [0, 0.1) is 0 Å². The van der Waals surface area contributed by atoms with Gasteiger partial charge in [-0.3, -0.25) is 0 Å². The number of allylic oxidation sites excluding steroid dienone is 2. The molecule has 1 aromatic heterocycles. The second kappa shape index (κ2) is 9.52. The second-order valence-corrected chi connectivity index (χ2v) is 8.62. The molecule has 8 heteroatoms. The number of rotatable bonds is 5. The van der Waals surface area contributed by atoms with E-state index in [4.69, 9.17) is 14.5 Å². The number of ether oxygens (including phenoxy) is 2. The largest absolute Gasteiger partial charge is 0.507 e. The van der Waals surface area contributed by atoms with Crippen molar-refractivity contribution < 1.29 is 24.2 Å². The minimum absolute atomic E-state index is 0.143. The number of benzene rings is 2. The van der Waals surface area contributed by atoms with Gasteiger partial charge in [0.25, 0.3) is 0 Å². The minimum Gasteiger partial charge on any atom is -0.507 e. The van der Waals surface area contributed by atoms with E-state index in [1.165, 1.54) is 25.6 Å². The molecule has 3 aromatic rings. The first-order chi connectivity index (χ1) is 16.4. The van der Waals surface area contributed by atoms with Crippen LogP contribution in [0.1, 0.15) is 25.3 Å². The van der Waals surface area contributed by atoms with Gasteiger partial charge in [0.05, 0.1) is 37.0 Å². The quantitative estimate of drug-likeness (QED) is 0.512. The number of carbonyl (C=O) groups excluding carboxylic acids is 2. The van der Waals surface area contributed by atoms with Crippen molar-refractivity contribution in [3.05, 3.63) is 82.0 Å². The van der Waals surface area contributed by atoms with E-state index in [1.54, 1.807) is 32.0 Å². The van der Waals surface area contributed by atoms with Crippen molar-refractivity contribution in [2.24, 2.45) is 0 Å². The maximum absolute atomic E-state index is 12.9. The van der Waals surface area contributed by atoms with Crippen molar-refractivity contribution in [3.63, 3.8) is 0 Å². The zero-order valence-electron chi connectivity index (χ0n) is 19.2. The van der Waals surface area contributed by atoms with Gasteiger partial charge in [0.15, 0.2) is 0 Å². The van der Waals surface area contributed by atoms with Gasteiger partial charge in [-0.05, 0) is 31.5 Å². The first-order valence-corrected chi connectivity index (χ1v) is 11.4. The molecule has 2 N–H and O–H groups in total. The van der Waals surface area contributed by atoms with Crippen molar-refractivity contribution >= 4 is 23.3 Å². The van der Waals surface area contributed by atoms with E-state index in [2.05, 4.69) is 5.32 Å². The molecule has 0 aliphatic carbocycles. The predicted molar refractivity (Wildman–Crippen MR) is 130 cm³/mol. The summed E-state index contributed by atoms with van der Waals surface area (Å²) in [6.45, 7) is 3.55. The average Bonchev–Trinajstić information content (AvgIpc) is 3.33. The molecule has 0 amide bonds. The van der Waals surface area contributed by atoms with Gasteiger partial charge in [-0.25, -0.2) is 14.6 Å². The summed E-state index contributed by atoms with van der Waals surface area (Å²) in [6.07, 6.45) is 0. The number of para-hydroxylation sites is 1. The van der Waals surface area contributed by atoms with Crippen molar-refractivity contribution in [3.8, 4) is 27.6 Å². The smallest absolute Gasteiger partial charge is 0.336 e. The number of nitrogens with zero attached hydrogens (tertiary/aromatic N) is 1. The highest BCUT2D eigenvalue weighted by Crippen LogP contribution is 2.44. The fourth-order valence-electron chi connectivity index (χ4n) is 4.22. The molecule has 0 saturated carbocycles. The Hall–Kier alpha value is -3.91. The third-order valence-corrected chi connectivity index (χ3v) is 6.63. The third kappa shape index (κ3) is 4.08. The number of phenols is 1. The molecule has 34 heavy (non-hydrogen) atoms. The van der Waals surface area contributed by atoms with Crippen molar-refractivity contribution in [1.82, 2.24) is 10.3 Å². The highest BCUT2D eigenvalue weighted by molar-refractivity contribution is 7.13. The Kier molecular flexibility index (Phi) is 6.51. The van der Waals surface area contributed by atoms with Crippen LogP contribution in [0.4, 0.5) is 0 Å². The monoisotopic (exact) mass is 476 g/mol. The van der Waals surface area contributed by atoms with Gasteiger partial charge < -0.3 is 19.9 Å². The van der Waals surface area contributed by atoms with E-state index in [0.717, 1.165) is 11.1 Å². The minimum atomic E-state index is -0.713. The van der Waals surface area contributed by atoms with E-state index >= 15 is 0 Å². The molecule has 0 bridgehead atoms. The standard InChI is InChI=1S/C26H24N2O5S/c1-14-21(25(30)32-3)23(22(15(2)27-14)26(31)33-4)16-9-5-6-10-17(16)24-28-19(13-34-24)18-11-7-8-12-20(18)29/h5-13,23,27,29H,1-4H3. The summed E-state index contributed by atoms with van der Waals surface area (Å²) in [6, 6.07) is 14.5. The molecule has 0 spiro atoms. The molecule has 0 saturated heterocycles. The molecule has 0 unspecified atom stereocenters. The predicted octanol–water partition coefficient (Wildman–Crippen LogP) is 4.76. The number of nitrogens with one attached hydrogen (secondary N) is 1. The molecule has 0 fully saturated rings. The number of esters is 2. The Morgan fingerprint density at radius 1 is 0.912 bits per heavy atom. The topological polar surface area (TPSA) is 97.8 Å². The summed E-state index contributed by atoms with van der Waals surface area (Å²) in [5, 5.41) is 15.9. The van der Waals surface area contributed by atoms with Crippen LogP contribution in [0.15, 0.2) is 76.5 Å². The summed E-state index contributed by atoms with van der Waals surface area (Å²) < 4.78 is 10.2. The SMILES string of the molecule is COC(=O)C1=C(C)NC(C)=C(C(=O)OC)C1c1ccccc1-c1nc(-c2ccccc2O)cs1. The van der Waals surface area contributed by atoms with E-state index < -0.39 is 17.9 Å². The van der Waals surface area contributed by atoms with E-state index in [0.29, 0.717) is 38.8 Å². The van der Waals surface area contributed by atoms with E-state index in [9.17, 15) is 14.7 Å². The maximum Gasteiger partial charge on any atom is 0.336 e. The lowest BCUT2D eigenvalue weighted by Crippen LogP contribution is -2.32. The van der Waals surface area contributed by atoms with Gasteiger partial charge in [-0.15, -0.1) is 11.3 Å². The van der Waals surface area contributed by atoms with Crippen molar-refractivity contribution in [1.29, 1.82) is 0 Å². The zero-order valence-corrected chi connectivity index (χ0v) is 20.0. The first-order valence-electron chi connectivity index (χ1n) is 10.6. The molecule has 2 heterocycles. The van der Waals surface area contributed by atoms with Crippen LogP contribution < -0.4 is 5.32 Å². The number of phenolic OH excluding ortho intramolecular Hbond substituents is 1. The lowest BCUT2D eigenvalue weighted by Gasteiger charge is -2.31. The lowest BCUT2D eigenvalue weighted by atomic mass is 9.78. The Morgan fingerprint density at radius 2 is 1.47 bits per heavy atom. The number of hydrogen-bond acceptors (Lipinski definition) is 8. The number of aromatic hydroxyl groups is 1. The fourth-order valence-corrected chi connectivity index (χ4v) is 5.09. The number of methoxy groups -OCH3 is 2. The first kappa shape index (κ1) is 23.3. The Morgan fingerprint density at radius 3 is 2.06 bits per heavy atom. The van der Waals surface area contributed by atoms with Crippen molar-refractivity contribution in [2.45, 2.75) is 19.8 Å². The van der Waals surface area contributed by atoms with Crippen LogP contribution in [0.5, 0.6) is 5.75 Å². The molecule has 0 radical (unpaired) electrons. The molecule has 4 rings (SSSR count). The normalized spacial score (nSPS) is 14.1. The van der Waals surface area contributed by atoms with Gasteiger partial charge in [-0.1, -0.05) is 36.4 Å². The Balaban J connectivity index is 1.91. The molecule has 1 aliphatic rings. The van der Waals surface area contributed by atoms with Crippen LogP contribution in [-0.2, 0) is 19.1 Å². The van der Waals surface area contributed by atoms with Crippen LogP contribution >= 0.6 is 11.3 Å². The van der Waals surface area contributed by atoms with Crippen LogP contribution in [0.25, 0.3) is 21.8 Å². The highest BCUT2D eigenvalue weighted by Gasteiger charge is 2.38. The van der Waals surface area contributed by atoms with Gasteiger partial charge >= 0.3 is 11.9 Å². The molecule has 1 aliphatic heterocycles. The number of aromatic nitrogens is 1. The molecular weight excluding hydrogens is 452 g/mol. The summed E-state index contributed by atoms with van der Waals surface area (Å²) in [7, 11) is 2.63. The summed E-state index contributed by atoms with van der Waals surface area (Å²) in [5.74, 6) is -1.64. The highest BCUT2D eigenvalue weighted by atomic mass is 32.1. The Bertz CT molecular complexity index is 1300. The summed E-state index contributed by atoms with van der Waals surface area (Å²) >= 11 is 1.41. The van der Waals surface area contributed by atoms with Crippen LogP contribution in [0.3, 0.4) is 0 Å². The van der Waals surface area contributed by atoms with Crippen LogP contribution in [-0.4, -0.2) is 36.2 Å². The maximum atomic E-state index is 12.9. The van der Waals surface area contributed by atoms with Gasteiger partial charge in [0.2, 0.25) is 0 Å². The zero-order chi connectivity index (χ0) is 24.4. The average molecular weight is 477 g/mol. The second-order valence-electron chi connectivity index (χ2n) is 7.76. The molecule has 7 nitrogen and oxygen atoms in total.